The summed E-state index contributed by atoms with van der Waals surface area (Å²) in [6.45, 7) is 4.11. The normalized spacial score (nSPS) is 13.9. The van der Waals surface area contributed by atoms with Crippen LogP contribution >= 0.6 is 46.1 Å². The van der Waals surface area contributed by atoms with E-state index in [1.54, 1.807) is 102 Å². The van der Waals surface area contributed by atoms with Crippen molar-refractivity contribution in [2.45, 2.75) is 22.3 Å². The number of nitro groups is 3. The largest absolute Gasteiger partial charge is 0.459 e. The van der Waals surface area contributed by atoms with Crippen molar-refractivity contribution in [3.05, 3.63) is 213 Å². The summed E-state index contributed by atoms with van der Waals surface area (Å²) in [5.41, 5.74) is -0.828. The molecule has 0 saturated carbocycles. The van der Waals surface area contributed by atoms with Crippen LogP contribution in [0.4, 0.5) is 38.5 Å². The van der Waals surface area contributed by atoms with Crippen LogP contribution in [-0.2, 0) is 21.1 Å². The van der Waals surface area contributed by atoms with Crippen molar-refractivity contribution in [1.29, 1.82) is 0 Å². The second-order valence-corrected chi connectivity index (χ2v) is 23.0. The molecule has 5 aromatic heterocycles. The van der Waals surface area contributed by atoms with Gasteiger partial charge < -0.3 is 47.5 Å². The third-order valence-electron chi connectivity index (χ3n) is 15.7. The van der Waals surface area contributed by atoms with Crippen LogP contribution in [0.25, 0.3) is 32.7 Å². The molecule has 92 heavy (non-hydrogen) atoms. The number of amides is 3. The van der Waals surface area contributed by atoms with Gasteiger partial charge >= 0.3 is 33.7 Å². The summed E-state index contributed by atoms with van der Waals surface area (Å²) in [6, 6.07) is 26.9. The van der Waals surface area contributed by atoms with Crippen LogP contribution in [0.1, 0.15) is 52.9 Å². The quantitative estimate of drug-likeness (QED) is 0.0959. The first-order valence-corrected chi connectivity index (χ1v) is 29.4. The van der Waals surface area contributed by atoms with E-state index in [2.05, 4.69) is 0 Å². The van der Waals surface area contributed by atoms with Crippen molar-refractivity contribution in [2.75, 3.05) is 93.2 Å². The molecule has 3 fully saturated rings. The maximum Gasteiger partial charge on any atom is 0.357 e. The predicted molar refractivity (Wildman–Crippen MR) is 357 cm³/mol. The fraction of sp³-hybridized carbons (Fsp3) is 0.290. The molecule has 30 heteroatoms. The van der Waals surface area contributed by atoms with E-state index in [1.807, 2.05) is 11.4 Å². The van der Waals surface area contributed by atoms with E-state index < -0.39 is 54.3 Å². The van der Waals surface area contributed by atoms with E-state index >= 15 is 0 Å². The first-order valence-electron chi connectivity index (χ1n) is 27.4. The molecule has 12 rings (SSSR count). The summed E-state index contributed by atoms with van der Waals surface area (Å²) in [7, 11) is 4.48. The number of carbonyl (C=O) groups is 3. The monoisotopic (exact) mass is 1340 g/mol. The molecule has 0 bridgehead atoms. The number of hydrogen-bond donors (Lipinski definition) is 0. The Morgan fingerprint density at radius 3 is 1.14 bits per heavy atom. The van der Waals surface area contributed by atoms with E-state index in [9.17, 15) is 63.5 Å². The Morgan fingerprint density at radius 1 is 0.478 bits per heavy atom. The minimum atomic E-state index is -0.709. The highest BCUT2D eigenvalue weighted by atomic mass is 35.5. The first kappa shape index (κ1) is 69.8. The number of aryl methyl sites for hydroxylation is 3. The van der Waals surface area contributed by atoms with Crippen LogP contribution in [0.2, 0.25) is 15.1 Å². The summed E-state index contributed by atoms with van der Waals surface area (Å²) in [5.74, 6) is -0.710. The molecule has 4 aromatic carbocycles. The average molecular weight is 1340 g/mol. The van der Waals surface area contributed by atoms with Crippen molar-refractivity contribution in [3.8, 4) is 0 Å². The van der Waals surface area contributed by atoms with E-state index in [0.717, 1.165) is 0 Å². The number of anilines is 3. The zero-order valence-corrected chi connectivity index (χ0v) is 50.6. The van der Waals surface area contributed by atoms with Crippen molar-refractivity contribution in [2.24, 2.45) is 21.1 Å². The third kappa shape index (κ3) is 13.8. The molecule has 0 spiro atoms. The van der Waals surface area contributed by atoms with Gasteiger partial charge in [-0.15, -0.1) is 11.3 Å². The lowest BCUT2D eigenvalue weighted by Gasteiger charge is -2.36. The van der Waals surface area contributed by atoms with Crippen LogP contribution in [0.5, 0.6) is 0 Å². The molecule has 484 valence electrons. The van der Waals surface area contributed by atoms with Crippen molar-refractivity contribution >= 4 is 131 Å². The first-order chi connectivity index (χ1) is 42.5. The average Bonchev–Trinajstić information content (AvgIpc) is 0.822. The molecular formula is C62H64Cl3FN12O13S. The number of aromatic nitrogens is 3. The number of furan rings is 1. The van der Waals surface area contributed by atoms with Crippen LogP contribution < -0.4 is 31.4 Å². The fourth-order valence-corrected chi connectivity index (χ4v) is 12.4. The lowest BCUT2D eigenvalue weighted by molar-refractivity contribution is -0.385. The van der Waals surface area contributed by atoms with E-state index in [-0.39, 0.29) is 62.8 Å². The summed E-state index contributed by atoms with van der Waals surface area (Å²) < 4.78 is 22.0. The van der Waals surface area contributed by atoms with Crippen LogP contribution in [0.15, 0.2) is 134 Å². The molecule has 9 aromatic rings. The van der Waals surface area contributed by atoms with Crippen molar-refractivity contribution in [3.63, 3.8) is 0 Å². The highest BCUT2D eigenvalue weighted by molar-refractivity contribution is 7.12. The predicted octanol–water partition coefficient (Wildman–Crippen LogP) is 10.9. The number of hydrogen-bond acceptors (Lipinski definition) is 17. The second kappa shape index (κ2) is 29.1. The fourth-order valence-electron chi connectivity index (χ4n) is 11.2. The molecule has 3 amide bonds. The molecule has 0 atom stereocenters. The van der Waals surface area contributed by atoms with Gasteiger partial charge in [0.2, 0.25) is 0 Å². The van der Waals surface area contributed by atoms with Crippen molar-refractivity contribution < 1.29 is 38.0 Å². The summed E-state index contributed by atoms with van der Waals surface area (Å²) in [6.07, 6.45) is 1.43. The maximum atomic E-state index is 13.1. The lowest BCUT2D eigenvalue weighted by Crippen LogP contribution is -2.49. The van der Waals surface area contributed by atoms with Crippen LogP contribution in [-0.4, -0.2) is 139 Å². The highest BCUT2D eigenvalue weighted by Crippen LogP contribution is 2.39. The van der Waals surface area contributed by atoms with Gasteiger partial charge in [-0.1, -0.05) is 63.1 Å². The number of thiophene rings is 1. The van der Waals surface area contributed by atoms with Gasteiger partial charge in [0.25, 0.3) is 17.7 Å². The van der Waals surface area contributed by atoms with Gasteiger partial charge in [0.05, 0.1) is 42.5 Å². The smallest absolute Gasteiger partial charge is 0.357 e. The Morgan fingerprint density at radius 2 is 0.826 bits per heavy atom. The molecule has 0 aliphatic carbocycles. The van der Waals surface area contributed by atoms with Crippen molar-refractivity contribution in [1.82, 2.24) is 28.4 Å². The molecular weight excluding hydrogens is 1280 g/mol. The number of pyridine rings is 3. The van der Waals surface area contributed by atoms with Gasteiger partial charge in [-0.2, -0.15) is 0 Å². The van der Waals surface area contributed by atoms with Gasteiger partial charge in [0, 0.05) is 136 Å². The molecule has 3 aliphatic heterocycles. The Hall–Kier alpha value is -9.70. The Balaban J connectivity index is 0.000000193. The number of carbonyl (C=O) groups excluding carboxylic acids is 3. The molecule has 0 N–H and O–H groups in total. The minimum absolute atomic E-state index is 0. The van der Waals surface area contributed by atoms with E-state index in [1.165, 1.54) is 76.7 Å². The highest BCUT2D eigenvalue weighted by Gasteiger charge is 2.36. The van der Waals surface area contributed by atoms with E-state index in [4.69, 9.17) is 39.2 Å². The SMILES string of the molecule is C.C.C.Cn1c(=O)c([N+](=O)[O-])c(N2CCN(C(=O)c3ccc(F)cc3)CC2)c2cc(Cl)ccc21.Cn1c(=O)c([N+](=O)[O-])c(N2CCN(C(=O)c3ccco3)CC2)c2cc(Cl)ccc21.Cn1c(=O)c([N+](=O)[O-])c(N2CCN(C(=O)c3cccs3)CC2)c2cc(Cl)ccc21. The number of halogens is 4. The summed E-state index contributed by atoms with van der Waals surface area (Å²) in [5, 5.41) is 40.0. The molecule has 3 aliphatic rings. The Bertz CT molecular complexity index is 4300. The standard InChI is InChI=1S/C21H18ClFN4O4.C19H17ClN4O5.C19H17ClN4O4S.3CH4/c1-24-17-7-4-14(22)12-16(17)18(19(21(24)29)27(30)31)25-8-10-26(11-9-25)20(28)13-2-5-15(23)6-3-13;2*1-21-14-5-4-12(20)11-13(14)16(17(19(21)26)24(27)28)22-6-8-23(9-7-22)18(25)15-3-2-10-29-15;;;/h2-7,12H,8-11H2,1H3;2*2-5,10-11H,6-9H2,1H3;3*1H4. The Kier molecular flexibility index (Phi) is 22.0. The van der Waals surface area contributed by atoms with E-state index in [0.29, 0.717) is 137 Å². The molecule has 3 saturated heterocycles. The van der Waals surface area contributed by atoms with Crippen LogP contribution in [0, 0.1) is 36.2 Å². The molecule has 0 unspecified atom stereocenters. The second-order valence-electron chi connectivity index (χ2n) is 20.7. The number of rotatable bonds is 9. The molecule has 0 radical (unpaired) electrons. The van der Waals surface area contributed by atoms with Crippen LogP contribution in [0.3, 0.4) is 0 Å². The Labute approximate surface area is 544 Å². The molecule has 8 heterocycles. The van der Waals surface area contributed by atoms with Gasteiger partial charge in [0.15, 0.2) is 5.76 Å². The number of benzene rings is 4. The number of fused-ring (bicyclic) bond motifs is 3. The zero-order chi connectivity index (χ0) is 63.7. The molecule has 25 nitrogen and oxygen atoms in total. The zero-order valence-electron chi connectivity index (χ0n) is 47.5. The number of piperazine rings is 3. The maximum absolute atomic E-state index is 13.1. The third-order valence-corrected chi connectivity index (χ3v) is 17.2. The number of nitrogens with zero attached hydrogens (tertiary/aromatic N) is 12. The van der Waals surface area contributed by atoms with Gasteiger partial charge in [-0.05, 0) is 102 Å². The summed E-state index contributed by atoms with van der Waals surface area (Å²) in [4.78, 5) is 120. The lowest BCUT2D eigenvalue weighted by atomic mass is 10.1. The van der Waals surface area contributed by atoms with Gasteiger partial charge in [-0.25, -0.2) is 4.39 Å². The minimum Gasteiger partial charge on any atom is -0.459 e. The van der Waals surface area contributed by atoms with Gasteiger partial charge in [0.1, 0.15) is 22.9 Å². The topological polar surface area (TPSA) is 279 Å². The summed E-state index contributed by atoms with van der Waals surface area (Å²) >= 11 is 19.8. The van der Waals surface area contributed by atoms with Gasteiger partial charge in [-0.3, -0.25) is 59.1 Å².